The number of nitrogens with zero attached hydrogens (tertiary/aromatic N) is 3. The lowest BCUT2D eigenvalue weighted by Gasteiger charge is -2.20. The molecule has 0 N–H and O–H groups in total. The molecule has 0 radical (unpaired) electrons. The van der Waals surface area contributed by atoms with E-state index in [2.05, 4.69) is 16.9 Å². The lowest BCUT2D eigenvalue weighted by atomic mass is 10.3. The number of aromatic nitrogens is 2. The van der Waals surface area contributed by atoms with Gasteiger partial charge in [0.25, 0.3) is 0 Å². The van der Waals surface area contributed by atoms with Crippen molar-refractivity contribution in [2.24, 2.45) is 0 Å². The second-order valence-corrected chi connectivity index (χ2v) is 7.32. The molecule has 2 rings (SSSR count). The van der Waals surface area contributed by atoms with Crippen molar-refractivity contribution >= 4 is 45.6 Å². The molecule has 0 aliphatic carbocycles. The minimum atomic E-state index is 0.107. The number of carbonyl (C=O) groups is 1. The van der Waals surface area contributed by atoms with E-state index in [1.54, 1.807) is 29.1 Å². The van der Waals surface area contributed by atoms with E-state index in [-0.39, 0.29) is 5.91 Å². The monoisotopic (exact) mass is 369 g/mol. The highest BCUT2D eigenvalue weighted by atomic mass is 35.5. The van der Waals surface area contributed by atoms with Crippen molar-refractivity contribution in [2.45, 2.75) is 26.2 Å². The molecule has 0 fully saturated rings. The van der Waals surface area contributed by atoms with Gasteiger partial charge in [-0.25, -0.2) is 4.98 Å². The largest absolute Gasteiger partial charge is 0.301 e. The Kier molecular flexibility index (Phi) is 7.33. The molecule has 0 bridgehead atoms. The van der Waals surface area contributed by atoms with Gasteiger partial charge in [0.05, 0.1) is 0 Å². The van der Waals surface area contributed by atoms with Crippen molar-refractivity contribution in [1.82, 2.24) is 9.97 Å². The number of pyridine rings is 1. The second kappa shape index (κ2) is 9.25. The summed E-state index contributed by atoms with van der Waals surface area (Å²) in [7, 11) is 0. The van der Waals surface area contributed by atoms with Crippen LogP contribution in [-0.2, 0) is 4.79 Å². The first-order chi connectivity index (χ1) is 11.2. The van der Waals surface area contributed by atoms with Crippen LogP contribution in [-0.4, -0.2) is 34.4 Å². The molecule has 0 aliphatic rings. The smallest absolute Gasteiger partial charge is 0.228 e. The fourth-order valence-corrected chi connectivity index (χ4v) is 3.78. The number of thiazole rings is 1. The SMILES string of the molecule is CCCCN(C(=O)CCSC)c1sc(-c2cccnc2)nc1Cl. The molecule has 0 atom stereocenters. The molecule has 7 heteroatoms. The first kappa shape index (κ1) is 18.2. The molecule has 0 aliphatic heterocycles. The van der Waals surface area contributed by atoms with Crippen LogP contribution in [0.5, 0.6) is 0 Å². The van der Waals surface area contributed by atoms with Gasteiger partial charge < -0.3 is 4.90 Å². The molecule has 2 heterocycles. The summed E-state index contributed by atoms with van der Waals surface area (Å²) in [5.74, 6) is 0.920. The van der Waals surface area contributed by atoms with Gasteiger partial charge in [-0.15, -0.1) is 0 Å². The van der Waals surface area contributed by atoms with Crippen LogP contribution in [0.1, 0.15) is 26.2 Å². The number of unbranched alkanes of at least 4 members (excludes halogenated alkanes) is 1. The zero-order chi connectivity index (χ0) is 16.7. The molecule has 0 aromatic carbocycles. The highest BCUT2D eigenvalue weighted by molar-refractivity contribution is 7.98. The predicted molar refractivity (Wildman–Crippen MR) is 101 cm³/mol. The highest BCUT2D eigenvalue weighted by Gasteiger charge is 2.22. The zero-order valence-corrected chi connectivity index (χ0v) is 15.7. The fourth-order valence-electron chi connectivity index (χ4n) is 2.05. The molecule has 4 nitrogen and oxygen atoms in total. The molecule has 0 spiro atoms. The van der Waals surface area contributed by atoms with E-state index in [1.807, 2.05) is 18.4 Å². The van der Waals surface area contributed by atoms with E-state index in [0.29, 0.717) is 18.1 Å². The van der Waals surface area contributed by atoms with E-state index < -0.39 is 0 Å². The summed E-state index contributed by atoms with van der Waals surface area (Å²) in [5, 5.41) is 1.92. The Balaban J connectivity index is 2.27. The Labute approximate surface area is 150 Å². The number of halogens is 1. The van der Waals surface area contributed by atoms with Crippen LogP contribution in [0.2, 0.25) is 5.15 Å². The van der Waals surface area contributed by atoms with Crippen molar-refractivity contribution in [1.29, 1.82) is 0 Å². The van der Waals surface area contributed by atoms with Gasteiger partial charge in [-0.05, 0) is 24.8 Å². The van der Waals surface area contributed by atoms with E-state index in [1.165, 1.54) is 11.3 Å². The van der Waals surface area contributed by atoms with Crippen LogP contribution >= 0.6 is 34.7 Å². The molecule has 23 heavy (non-hydrogen) atoms. The molecule has 0 saturated carbocycles. The molecule has 2 aromatic rings. The average Bonchev–Trinajstić information content (AvgIpc) is 2.96. The van der Waals surface area contributed by atoms with Gasteiger partial charge in [0.2, 0.25) is 5.91 Å². The van der Waals surface area contributed by atoms with Crippen molar-refractivity contribution in [3.05, 3.63) is 29.7 Å². The van der Waals surface area contributed by atoms with Gasteiger partial charge in [0.15, 0.2) is 5.15 Å². The number of hydrogen-bond acceptors (Lipinski definition) is 5. The molecule has 0 unspecified atom stereocenters. The Morgan fingerprint density at radius 3 is 2.96 bits per heavy atom. The van der Waals surface area contributed by atoms with Crippen LogP contribution < -0.4 is 4.90 Å². The maximum atomic E-state index is 12.5. The van der Waals surface area contributed by atoms with E-state index >= 15 is 0 Å². The maximum absolute atomic E-state index is 12.5. The maximum Gasteiger partial charge on any atom is 0.228 e. The van der Waals surface area contributed by atoms with Crippen molar-refractivity contribution < 1.29 is 4.79 Å². The van der Waals surface area contributed by atoms with E-state index in [9.17, 15) is 4.79 Å². The minimum absolute atomic E-state index is 0.107. The molecule has 124 valence electrons. The van der Waals surface area contributed by atoms with Gasteiger partial charge in [-0.2, -0.15) is 11.8 Å². The third kappa shape index (κ3) is 4.93. The third-order valence-corrected chi connectivity index (χ3v) is 5.39. The number of carbonyl (C=O) groups excluding carboxylic acids is 1. The lowest BCUT2D eigenvalue weighted by Crippen LogP contribution is -2.31. The molecule has 2 aromatic heterocycles. The Morgan fingerprint density at radius 2 is 2.30 bits per heavy atom. The quantitative estimate of drug-likeness (QED) is 0.673. The van der Waals surface area contributed by atoms with Gasteiger partial charge in [-0.3, -0.25) is 9.78 Å². The van der Waals surface area contributed by atoms with E-state index in [0.717, 1.165) is 34.2 Å². The average molecular weight is 370 g/mol. The van der Waals surface area contributed by atoms with Gasteiger partial charge in [-0.1, -0.05) is 36.3 Å². The van der Waals surface area contributed by atoms with Crippen LogP contribution in [0.15, 0.2) is 24.5 Å². The standard InChI is InChI=1S/C16H20ClN3OS2/c1-3-4-9-20(13(21)7-10-22-2)16-14(17)19-15(23-16)12-6-5-8-18-11-12/h5-6,8,11H,3-4,7,9-10H2,1-2H3. The lowest BCUT2D eigenvalue weighted by molar-refractivity contribution is -0.118. The highest BCUT2D eigenvalue weighted by Crippen LogP contribution is 2.37. The van der Waals surface area contributed by atoms with E-state index in [4.69, 9.17) is 11.6 Å². The molecule has 1 amide bonds. The summed E-state index contributed by atoms with van der Waals surface area (Å²) in [6, 6.07) is 3.81. The number of hydrogen-bond donors (Lipinski definition) is 0. The zero-order valence-electron chi connectivity index (χ0n) is 13.3. The van der Waals surface area contributed by atoms with Crippen LogP contribution in [0.3, 0.4) is 0 Å². The minimum Gasteiger partial charge on any atom is -0.301 e. The Hall–Kier alpha value is -1.11. The fraction of sp³-hybridized carbons (Fsp3) is 0.438. The Bertz CT molecular complexity index is 634. The predicted octanol–water partition coefficient (Wildman–Crippen LogP) is 4.74. The van der Waals surface area contributed by atoms with Crippen LogP contribution in [0, 0.1) is 0 Å². The molecular formula is C16H20ClN3OS2. The summed E-state index contributed by atoms with van der Waals surface area (Å²) in [6.45, 7) is 2.79. The number of rotatable bonds is 8. The molecular weight excluding hydrogens is 350 g/mol. The van der Waals surface area contributed by atoms with Crippen molar-refractivity contribution in [2.75, 3.05) is 23.5 Å². The summed E-state index contributed by atoms with van der Waals surface area (Å²) < 4.78 is 0. The third-order valence-electron chi connectivity index (χ3n) is 3.28. The van der Waals surface area contributed by atoms with Crippen molar-refractivity contribution in [3.63, 3.8) is 0 Å². The Morgan fingerprint density at radius 1 is 1.48 bits per heavy atom. The topological polar surface area (TPSA) is 46.1 Å². The normalized spacial score (nSPS) is 10.7. The molecule has 0 saturated heterocycles. The van der Waals surface area contributed by atoms with Gasteiger partial charge >= 0.3 is 0 Å². The first-order valence-electron chi connectivity index (χ1n) is 7.53. The summed E-state index contributed by atoms with van der Waals surface area (Å²) in [5.41, 5.74) is 0.914. The summed E-state index contributed by atoms with van der Waals surface area (Å²) >= 11 is 9.45. The van der Waals surface area contributed by atoms with Crippen LogP contribution in [0.25, 0.3) is 10.6 Å². The van der Waals surface area contributed by atoms with Gasteiger partial charge in [0.1, 0.15) is 10.0 Å². The summed E-state index contributed by atoms with van der Waals surface area (Å²) in [4.78, 5) is 22.8. The van der Waals surface area contributed by atoms with Gasteiger partial charge in [0, 0.05) is 36.7 Å². The first-order valence-corrected chi connectivity index (χ1v) is 10.1. The number of amides is 1. The van der Waals surface area contributed by atoms with Crippen LogP contribution in [0.4, 0.5) is 5.00 Å². The summed E-state index contributed by atoms with van der Waals surface area (Å²) in [6.07, 6.45) is 7.97. The van der Waals surface area contributed by atoms with Crippen molar-refractivity contribution in [3.8, 4) is 10.6 Å². The number of anilines is 1. The second-order valence-electron chi connectivity index (χ2n) is 5.00. The number of thioether (sulfide) groups is 1.